The number of aliphatic hydroxyl groups is 3. The number of fused-ring (bicyclic) bond motifs is 1. The molecule has 1 amide bonds. The number of aromatic nitrogens is 4. The van der Waals surface area contributed by atoms with Gasteiger partial charge in [-0.3, -0.25) is 24.5 Å². The molecule has 0 aromatic carbocycles. The van der Waals surface area contributed by atoms with Crippen molar-refractivity contribution in [2.24, 2.45) is 0 Å². The van der Waals surface area contributed by atoms with E-state index in [4.69, 9.17) is 9.84 Å². The lowest BCUT2D eigenvalue weighted by molar-refractivity contribution is -0.195. The van der Waals surface area contributed by atoms with Gasteiger partial charge in [-0.15, -0.1) is 0 Å². The van der Waals surface area contributed by atoms with Crippen LogP contribution in [0, 0.1) is 0 Å². The zero-order chi connectivity index (χ0) is 17.6. The van der Waals surface area contributed by atoms with Crippen molar-refractivity contribution in [2.45, 2.75) is 31.2 Å². The van der Waals surface area contributed by atoms with Crippen LogP contribution in [0.5, 0.6) is 0 Å². The smallest absolute Gasteiger partial charge is 0.281 e. The number of imidazole rings is 1. The van der Waals surface area contributed by atoms with Crippen molar-refractivity contribution in [3.63, 3.8) is 0 Å². The molecule has 0 bridgehead atoms. The average molecular weight is 343 g/mol. The summed E-state index contributed by atoms with van der Waals surface area (Å²) in [5.74, 6) is -3.96. The van der Waals surface area contributed by atoms with E-state index in [-0.39, 0.29) is 17.1 Å². The molecule has 4 atom stereocenters. The van der Waals surface area contributed by atoms with Crippen molar-refractivity contribution in [2.75, 3.05) is 11.9 Å². The highest BCUT2D eigenvalue weighted by molar-refractivity contribution is 5.87. The van der Waals surface area contributed by atoms with Gasteiger partial charge in [0.25, 0.3) is 11.4 Å². The summed E-state index contributed by atoms with van der Waals surface area (Å²) in [7, 11) is 0. The van der Waals surface area contributed by atoms with Gasteiger partial charge in [-0.05, 0) is 0 Å². The number of rotatable bonds is 3. The van der Waals surface area contributed by atoms with Gasteiger partial charge >= 0.3 is 0 Å². The Balaban J connectivity index is 2.12. The van der Waals surface area contributed by atoms with E-state index in [1.54, 1.807) is 0 Å². The number of hydrogen-bond acceptors (Lipinski definition) is 8. The second kappa shape index (κ2) is 5.59. The van der Waals surface area contributed by atoms with E-state index in [2.05, 4.69) is 20.3 Å². The van der Waals surface area contributed by atoms with Gasteiger partial charge in [-0.2, -0.15) is 4.98 Å². The maximum atomic E-state index is 14.4. The minimum atomic E-state index is -3.25. The highest BCUT2D eigenvalue weighted by atomic mass is 19.2. The van der Waals surface area contributed by atoms with Crippen LogP contribution < -0.4 is 10.9 Å². The second-order valence-corrected chi connectivity index (χ2v) is 5.30. The van der Waals surface area contributed by atoms with Crippen molar-refractivity contribution < 1.29 is 29.2 Å². The predicted molar refractivity (Wildman–Crippen MR) is 75.5 cm³/mol. The summed E-state index contributed by atoms with van der Waals surface area (Å²) in [4.78, 5) is 33.0. The fourth-order valence-electron chi connectivity index (χ4n) is 2.47. The van der Waals surface area contributed by atoms with Gasteiger partial charge in [0.2, 0.25) is 11.9 Å². The van der Waals surface area contributed by atoms with E-state index in [1.807, 2.05) is 0 Å². The van der Waals surface area contributed by atoms with Gasteiger partial charge in [0, 0.05) is 6.92 Å². The van der Waals surface area contributed by atoms with E-state index < -0.39 is 42.4 Å². The zero-order valence-electron chi connectivity index (χ0n) is 12.3. The molecule has 1 aliphatic rings. The molecule has 2 aromatic rings. The van der Waals surface area contributed by atoms with E-state index in [0.717, 1.165) is 10.9 Å². The Kier molecular flexibility index (Phi) is 3.83. The van der Waals surface area contributed by atoms with Crippen molar-refractivity contribution in [3.05, 3.63) is 16.7 Å². The molecular weight excluding hydrogens is 329 g/mol. The number of alkyl halides is 1. The first kappa shape index (κ1) is 16.4. The fourth-order valence-corrected chi connectivity index (χ4v) is 2.47. The predicted octanol–water partition coefficient (Wildman–Crippen LogP) is -2.01. The summed E-state index contributed by atoms with van der Waals surface area (Å²) >= 11 is 0. The third-order valence-corrected chi connectivity index (χ3v) is 3.58. The summed E-state index contributed by atoms with van der Waals surface area (Å²) in [5, 5.41) is 30.9. The minimum Gasteiger partial charge on any atom is -0.394 e. The van der Waals surface area contributed by atoms with E-state index in [1.165, 1.54) is 6.92 Å². The molecule has 1 fully saturated rings. The molecule has 3 heterocycles. The van der Waals surface area contributed by atoms with Crippen LogP contribution in [0.3, 0.4) is 0 Å². The number of aromatic amines is 1. The number of halogens is 1. The highest BCUT2D eigenvalue weighted by Crippen LogP contribution is 2.40. The molecule has 0 unspecified atom stereocenters. The van der Waals surface area contributed by atoms with Crippen LogP contribution in [0.1, 0.15) is 13.2 Å². The molecule has 0 spiro atoms. The van der Waals surface area contributed by atoms with Crippen LogP contribution in [0.4, 0.5) is 10.3 Å². The molecule has 2 aromatic heterocycles. The molecule has 0 aliphatic carbocycles. The van der Waals surface area contributed by atoms with Gasteiger partial charge in [0.05, 0.1) is 12.9 Å². The standard InChI is InChI=1S/C12H14FN5O6/c1-4(20)15-11-16-8-6(9(22)17-11)14-3-18(8)10-12(13,23)7(21)5(2-19)24-10/h3,5,7,10,19,21,23H,2H2,1H3,(H2,15,16,17,20,22)/t5-,7-,10-,12-/m1/s1. The van der Waals surface area contributed by atoms with E-state index in [9.17, 15) is 24.2 Å². The Morgan fingerprint density at radius 3 is 2.92 bits per heavy atom. The largest absolute Gasteiger partial charge is 0.394 e. The van der Waals surface area contributed by atoms with Gasteiger partial charge in [0.15, 0.2) is 17.4 Å². The SMILES string of the molecule is CC(=O)Nc1nc2c(ncn2[C@@H]2O[C@H](CO)[C@@H](O)[C@]2(O)F)c(=O)[nH]1. The first-order valence-corrected chi connectivity index (χ1v) is 6.85. The number of aliphatic hydroxyl groups excluding tert-OH is 2. The van der Waals surface area contributed by atoms with Crippen LogP contribution in [0.2, 0.25) is 0 Å². The summed E-state index contributed by atoms with van der Waals surface area (Å²) in [6.07, 6.45) is -4.19. The van der Waals surface area contributed by atoms with Crippen LogP contribution in [-0.4, -0.2) is 65.4 Å². The molecule has 1 saturated heterocycles. The van der Waals surface area contributed by atoms with Crippen LogP contribution in [-0.2, 0) is 9.53 Å². The first-order chi connectivity index (χ1) is 11.3. The van der Waals surface area contributed by atoms with Crippen LogP contribution in [0.25, 0.3) is 11.2 Å². The summed E-state index contributed by atoms with van der Waals surface area (Å²) in [6, 6.07) is 0. The molecule has 1 aliphatic heterocycles. The quantitative estimate of drug-likeness (QED) is 0.427. The average Bonchev–Trinajstić information content (AvgIpc) is 2.99. The number of carbonyl (C=O) groups is 1. The fraction of sp³-hybridized carbons (Fsp3) is 0.500. The van der Waals surface area contributed by atoms with Crippen LogP contribution in [0.15, 0.2) is 11.1 Å². The lowest BCUT2D eigenvalue weighted by Gasteiger charge is -2.23. The number of nitrogens with one attached hydrogen (secondary N) is 2. The van der Waals surface area contributed by atoms with Crippen LogP contribution >= 0.6 is 0 Å². The lowest BCUT2D eigenvalue weighted by Crippen LogP contribution is -2.43. The number of carbonyl (C=O) groups excluding carboxylic acids is 1. The van der Waals surface area contributed by atoms with Gasteiger partial charge in [0.1, 0.15) is 12.2 Å². The lowest BCUT2D eigenvalue weighted by atomic mass is 10.1. The van der Waals surface area contributed by atoms with Gasteiger partial charge in [-0.1, -0.05) is 0 Å². The Morgan fingerprint density at radius 1 is 1.62 bits per heavy atom. The third kappa shape index (κ3) is 2.45. The molecule has 0 saturated carbocycles. The number of amides is 1. The monoisotopic (exact) mass is 343 g/mol. The number of anilines is 1. The zero-order valence-corrected chi connectivity index (χ0v) is 12.3. The van der Waals surface area contributed by atoms with Gasteiger partial charge < -0.3 is 20.1 Å². The van der Waals surface area contributed by atoms with Crippen molar-refractivity contribution in [3.8, 4) is 0 Å². The third-order valence-electron chi connectivity index (χ3n) is 3.58. The Morgan fingerprint density at radius 2 is 2.33 bits per heavy atom. The Labute approximate surface area is 132 Å². The topological polar surface area (TPSA) is 163 Å². The van der Waals surface area contributed by atoms with E-state index >= 15 is 0 Å². The normalized spacial score (nSPS) is 30.0. The van der Waals surface area contributed by atoms with Gasteiger partial charge in [-0.25, -0.2) is 9.37 Å². The van der Waals surface area contributed by atoms with Crippen molar-refractivity contribution in [1.29, 1.82) is 0 Å². The minimum absolute atomic E-state index is 0.186. The molecule has 3 rings (SSSR count). The molecule has 0 radical (unpaired) electrons. The first-order valence-electron chi connectivity index (χ1n) is 6.85. The maximum absolute atomic E-state index is 14.4. The second-order valence-electron chi connectivity index (χ2n) is 5.30. The molecular formula is C12H14FN5O6. The number of nitrogens with zero attached hydrogens (tertiary/aromatic N) is 3. The molecule has 130 valence electrons. The number of H-pyrrole nitrogens is 1. The number of hydrogen-bond donors (Lipinski definition) is 5. The highest BCUT2D eigenvalue weighted by Gasteiger charge is 2.57. The molecule has 24 heavy (non-hydrogen) atoms. The van der Waals surface area contributed by atoms with E-state index in [0.29, 0.717) is 0 Å². The Hall–Kier alpha value is -2.41. The van der Waals surface area contributed by atoms with Crippen molar-refractivity contribution >= 4 is 23.0 Å². The molecule has 12 heteroatoms. The summed E-state index contributed by atoms with van der Waals surface area (Å²) < 4.78 is 20.5. The summed E-state index contributed by atoms with van der Waals surface area (Å²) in [5.41, 5.74) is -1.08. The number of ether oxygens (including phenoxy) is 1. The molecule has 5 N–H and O–H groups in total. The molecule has 11 nitrogen and oxygen atoms in total. The van der Waals surface area contributed by atoms with Crippen molar-refractivity contribution in [1.82, 2.24) is 19.5 Å². The maximum Gasteiger partial charge on any atom is 0.281 e. The summed E-state index contributed by atoms with van der Waals surface area (Å²) in [6.45, 7) is 0.464. The Bertz CT molecular complexity index is 848.